The lowest BCUT2D eigenvalue weighted by molar-refractivity contribution is 0.314. The number of pyridine rings is 1. The molecule has 0 aliphatic heterocycles. The van der Waals surface area contributed by atoms with Crippen molar-refractivity contribution >= 4 is 37.7 Å². The highest BCUT2D eigenvalue weighted by Gasteiger charge is 2.16. The highest BCUT2D eigenvalue weighted by Crippen LogP contribution is 2.28. The summed E-state index contributed by atoms with van der Waals surface area (Å²) in [6.45, 7) is 6.32. The van der Waals surface area contributed by atoms with Crippen LogP contribution in [0, 0.1) is 0 Å². The van der Waals surface area contributed by atoms with E-state index in [-0.39, 0.29) is 5.56 Å². The number of rotatable bonds is 4. The lowest BCUT2D eigenvalue weighted by Crippen LogP contribution is -2.23. The predicted octanol–water partition coefficient (Wildman–Crippen LogP) is 3.18. The normalized spacial score (nSPS) is 12.2. The number of aryl methyl sites for hydroxylation is 1. The van der Waals surface area contributed by atoms with E-state index in [2.05, 4.69) is 15.1 Å². The highest BCUT2D eigenvalue weighted by atomic mass is 32.1. The summed E-state index contributed by atoms with van der Waals surface area (Å²) in [4.78, 5) is 22.7. The third-order valence-electron chi connectivity index (χ3n) is 3.45. The van der Waals surface area contributed by atoms with E-state index >= 15 is 0 Å². The molecule has 0 unspecified atom stereocenters. The maximum absolute atomic E-state index is 12.9. The van der Waals surface area contributed by atoms with Crippen LogP contribution in [0.15, 0.2) is 28.2 Å². The average molecular weight is 330 g/mol. The zero-order valence-electron chi connectivity index (χ0n) is 13.4. The van der Waals surface area contributed by atoms with Crippen LogP contribution in [-0.2, 0) is 11.2 Å². The summed E-state index contributed by atoms with van der Waals surface area (Å²) in [6, 6.07) is 3.80. The predicted molar refractivity (Wildman–Crippen MR) is 93.3 cm³/mol. The van der Waals surface area contributed by atoms with E-state index in [1.807, 2.05) is 32.9 Å². The summed E-state index contributed by atoms with van der Waals surface area (Å²) in [5, 5.41) is 5.29. The number of fused-ring (bicyclic) bond motifs is 3. The van der Waals surface area contributed by atoms with E-state index in [1.165, 1.54) is 16.0 Å². The van der Waals surface area contributed by atoms with Crippen LogP contribution in [0.4, 0.5) is 0 Å². The fourth-order valence-electron chi connectivity index (χ4n) is 2.38. The van der Waals surface area contributed by atoms with Gasteiger partial charge in [-0.1, -0.05) is 13.8 Å². The highest BCUT2D eigenvalue weighted by molar-refractivity contribution is 7.25. The Labute approximate surface area is 137 Å². The quantitative estimate of drug-likeness (QED) is 0.544. The van der Waals surface area contributed by atoms with Gasteiger partial charge in [0.2, 0.25) is 5.90 Å². The minimum absolute atomic E-state index is 0.166. The van der Waals surface area contributed by atoms with Gasteiger partial charge >= 0.3 is 0 Å². The monoisotopic (exact) mass is 330 g/mol. The zero-order valence-corrected chi connectivity index (χ0v) is 14.2. The molecule has 120 valence electrons. The van der Waals surface area contributed by atoms with Crippen LogP contribution in [-0.4, -0.2) is 27.1 Å². The molecule has 0 fully saturated rings. The number of ether oxygens (including phenoxy) is 1. The maximum Gasteiger partial charge on any atom is 0.292 e. The molecule has 0 saturated heterocycles. The molecular weight excluding hydrogens is 312 g/mol. The van der Waals surface area contributed by atoms with Gasteiger partial charge in [-0.3, -0.25) is 4.79 Å². The Morgan fingerprint density at radius 2 is 2.22 bits per heavy atom. The van der Waals surface area contributed by atoms with Crippen molar-refractivity contribution in [2.24, 2.45) is 5.10 Å². The standard InChI is InChI=1S/C16H18N4O2S/c1-4-11-18-13-10-8-7-9-17-15(10)23-14(13)16(21)20(11)19-12(5-2)22-6-3/h7-9H,4-6H2,1-3H3/b19-12+. The van der Waals surface area contributed by atoms with Crippen molar-refractivity contribution in [3.8, 4) is 0 Å². The lowest BCUT2D eigenvalue weighted by atomic mass is 10.3. The van der Waals surface area contributed by atoms with Crippen molar-refractivity contribution < 1.29 is 4.74 Å². The number of hydrogen-bond acceptors (Lipinski definition) is 6. The van der Waals surface area contributed by atoms with Gasteiger partial charge in [0.15, 0.2) is 0 Å². The van der Waals surface area contributed by atoms with Crippen LogP contribution < -0.4 is 5.56 Å². The minimum atomic E-state index is -0.166. The number of hydrogen-bond donors (Lipinski definition) is 0. The Hall–Kier alpha value is -2.28. The molecule has 0 spiro atoms. The molecule has 0 N–H and O–H groups in total. The molecule has 6 nitrogen and oxygen atoms in total. The third kappa shape index (κ3) is 2.72. The Bertz CT molecular complexity index is 942. The molecule has 3 aromatic heterocycles. The Morgan fingerprint density at radius 1 is 1.39 bits per heavy atom. The topological polar surface area (TPSA) is 69.4 Å². The second kappa shape index (κ2) is 6.45. The van der Waals surface area contributed by atoms with Crippen LogP contribution in [0.5, 0.6) is 0 Å². The molecule has 3 rings (SSSR count). The van der Waals surface area contributed by atoms with Gasteiger partial charge in [-0.25, -0.2) is 9.97 Å². The first kappa shape index (κ1) is 15.6. The van der Waals surface area contributed by atoms with Gasteiger partial charge in [0, 0.05) is 24.4 Å². The molecule has 0 saturated carbocycles. The molecule has 0 amide bonds. The van der Waals surface area contributed by atoms with Gasteiger partial charge in [-0.05, 0) is 19.1 Å². The fraction of sp³-hybridized carbons (Fsp3) is 0.375. The molecule has 0 bridgehead atoms. The van der Waals surface area contributed by atoms with E-state index in [1.54, 1.807) is 6.20 Å². The fourth-order valence-corrected chi connectivity index (χ4v) is 3.38. The zero-order chi connectivity index (χ0) is 16.4. The van der Waals surface area contributed by atoms with Gasteiger partial charge in [0.25, 0.3) is 5.56 Å². The maximum atomic E-state index is 12.9. The summed E-state index contributed by atoms with van der Waals surface area (Å²) in [6.07, 6.45) is 2.95. The Morgan fingerprint density at radius 3 is 2.91 bits per heavy atom. The van der Waals surface area contributed by atoms with Gasteiger partial charge in [-0.2, -0.15) is 4.68 Å². The van der Waals surface area contributed by atoms with E-state index in [0.29, 0.717) is 41.4 Å². The molecule has 0 aromatic carbocycles. The van der Waals surface area contributed by atoms with Crippen LogP contribution in [0.25, 0.3) is 20.4 Å². The van der Waals surface area contributed by atoms with Crippen molar-refractivity contribution in [3.63, 3.8) is 0 Å². The van der Waals surface area contributed by atoms with Crippen molar-refractivity contribution in [2.75, 3.05) is 6.61 Å². The SMILES string of the molecule is CCO/C(CC)=N/n1c(CC)nc2c(sc3ncccc32)c1=O. The average Bonchev–Trinajstić information content (AvgIpc) is 2.95. The molecule has 0 aliphatic rings. The van der Waals surface area contributed by atoms with Crippen molar-refractivity contribution in [1.82, 2.24) is 14.6 Å². The first-order valence-corrected chi connectivity index (χ1v) is 8.51. The molecule has 0 atom stereocenters. The number of thiophene rings is 1. The summed E-state index contributed by atoms with van der Waals surface area (Å²) in [7, 11) is 0. The Kier molecular flexibility index (Phi) is 4.38. The smallest absolute Gasteiger partial charge is 0.292 e. The third-order valence-corrected chi connectivity index (χ3v) is 4.54. The number of aromatic nitrogens is 3. The minimum Gasteiger partial charge on any atom is -0.480 e. The van der Waals surface area contributed by atoms with Crippen LogP contribution in [0.1, 0.15) is 33.0 Å². The van der Waals surface area contributed by atoms with Crippen LogP contribution in [0.2, 0.25) is 0 Å². The number of nitrogens with zero attached hydrogens (tertiary/aromatic N) is 4. The van der Waals surface area contributed by atoms with Crippen LogP contribution in [0.3, 0.4) is 0 Å². The van der Waals surface area contributed by atoms with E-state index in [4.69, 9.17) is 4.74 Å². The van der Waals surface area contributed by atoms with E-state index < -0.39 is 0 Å². The molecule has 3 aromatic rings. The lowest BCUT2D eigenvalue weighted by Gasteiger charge is -2.09. The molecule has 0 aliphatic carbocycles. The molecule has 7 heteroatoms. The van der Waals surface area contributed by atoms with Crippen molar-refractivity contribution in [1.29, 1.82) is 0 Å². The van der Waals surface area contributed by atoms with Gasteiger partial charge in [0.05, 0.1) is 12.1 Å². The van der Waals surface area contributed by atoms with E-state index in [0.717, 1.165) is 10.2 Å². The van der Waals surface area contributed by atoms with Crippen molar-refractivity contribution in [2.45, 2.75) is 33.6 Å². The molecule has 0 radical (unpaired) electrons. The molecule has 3 heterocycles. The first-order chi connectivity index (χ1) is 11.2. The van der Waals surface area contributed by atoms with Crippen LogP contribution >= 0.6 is 11.3 Å². The van der Waals surface area contributed by atoms with Crippen molar-refractivity contribution in [3.05, 3.63) is 34.5 Å². The molecular formula is C16H18N4O2S. The second-order valence-electron chi connectivity index (χ2n) is 4.91. The Balaban J connectivity index is 2.32. The van der Waals surface area contributed by atoms with Gasteiger partial charge < -0.3 is 4.74 Å². The summed E-state index contributed by atoms with van der Waals surface area (Å²) in [5.74, 6) is 1.15. The summed E-state index contributed by atoms with van der Waals surface area (Å²) in [5.41, 5.74) is 0.543. The first-order valence-electron chi connectivity index (χ1n) is 7.69. The van der Waals surface area contributed by atoms with E-state index in [9.17, 15) is 4.79 Å². The summed E-state index contributed by atoms with van der Waals surface area (Å²) < 4.78 is 7.42. The van der Waals surface area contributed by atoms with Gasteiger partial charge in [0.1, 0.15) is 15.4 Å². The second-order valence-corrected chi connectivity index (χ2v) is 5.91. The molecule has 23 heavy (non-hydrogen) atoms. The summed E-state index contributed by atoms with van der Waals surface area (Å²) >= 11 is 1.35. The van der Waals surface area contributed by atoms with Gasteiger partial charge in [-0.15, -0.1) is 16.4 Å². The largest absolute Gasteiger partial charge is 0.480 e.